The number of nitrogens with zero attached hydrogens (tertiary/aromatic N) is 2. The summed E-state index contributed by atoms with van der Waals surface area (Å²) in [5, 5.41) is 14.8. The second kappa shape index (κ2) is 12.0. The van der Waals surface area contributed by atoms with E-state index in [1.165, 1.54) is 0 Å². The molecule has 6 N–H and O–H groups in total. The summed E-state index contributed by atoms with van der Waals surface area (Å²) in [6.07, 6.45) is 2.56. The molecule has 0 radical (unpaired) electrons. The number of urea groups is 1. The van der Waals surface area contributed by atoms with Crippen LogP contribution < -0.4 is 16.4 Å². The summed E-state index contributed by atoms with van der Waals surface area (Å²) in [5.74, 6) is 1.81. The molecule has 5 rings (SSSR count). The lowest BCUT2D eigenvalue weighted by Crippen LogP contribution is -2.39. The van der Waals surface area contributed by atoms with E-state index in [-0.39, 0.29) is 6.03 Å². The fourth-order valence-electron chi connectivity index (χ4n) is 4.42. The normalized spacial score (nSPS) is 12.0. The van der Waals surface area contributed by atoms with Crippen molar-refractivity contribution in [3.05, 3.63) is 99.4 Å². The first-order valence-corrected chi connectivity index (χ1v) is 14.4. The van der Waals surface area contributed by atoms with Crippen molar-refractivity contribution < 1.29 is 4.79 Å². The van der Waals surface area contributed by atoms with Crippen LogP contribution in [-0.4, -0.2) is 32.5 Å². The molecule has 0 saturated carbocycles. The van der Waals surface area contributed by atoms with Crippen LogP contribution in [0.3, 0.4) is 0 Å². The van der Waals surface area contributed by atoms with Crippen molar-refractivity contribution in [2.24, 2.45) is 0 Å². The molecule has 200 valence electrons. The van der Waals surface area contributed by atoms with Crippen molar-refractivity contribution in [1.29, 1.82) is 0 Å². The highest BCUT2D eigenvalue weighted by molar-refractivity contribution is 7.97. The van der Waals surface area contributed by atoms with Gasteiger partial charge in [0, 0.05) is 28.3 Å². The fraction of sp³-hybridized carbons (Fsp3) is 0.179. The lowest BCUT2D eigenvalue weighted by atomic mass is 10.1. The zero-order valence-electron chi connectivity index (χ0n) is 21.1. The molecular weight excluding hydrogens is 553 g/mol. The number of hydrogen-bond acceptors (Lipinski definition) is 5. The number of imidazole rings is 1. The molecule has 0 aliphatic carbocycles. The van der Waals surface area contributed by atoms with Gasteiger partial charge in [-0.25, -0.2) is 9.78 Å². The van der Waals surface area contributed by atoms with Gasteiger partial charge in [-0.3, -0.25) is 5.10 Å². The van der Waals surface area contributed by atoms with Crippen molar-refractivity contribution >= 4 is 57.7 Å². The van der Waals surface area contributed by atoms with Crippen molar-refractivity contribution in [2.45, 2.75) is 24.8 Å². The third-order valence-corrected chi connectivity index (χ3v) is 7.48. The Morgan fingerprint density at radius 2 is 1.90 bits per heavy atom. The van der Waals surface area contributed by atoms with Gasteiger partial charge in [-0.15, -0.1) is 0 Å². The SMILES string of the molecule is CSCc1ccc(Cl)cc1CNC(=O)NC(Cc1ccccc1)c1nc(-c2ccc3c(N)n[nH]c3c2)c(Cl)[nH]1. The molecule has 11 heteroatoms. The van der Waals surface area contributed by atoms with Crippen molar-refractivity contribution in [3.8, 4) is 11.3 Å². The number of nitrogens with one attached hydrogen (secondary N) is 4. The van der Waals surface area contributed by atoms with E-state index in [0.717, 1.165) is 38.9 Å². The summed E-state index contributed by atoms with van der Waals surface area (Å²) in [5.41, 5.74) is 11.2. The lowest BCUT2D eigenvalue weighted by molar-refractivity contribution is 0.236. The molecule has 2 amide bonds. The predicted octanol–water partition coefficient (Wildman–Crippen LogP) is 6.49. The Morgan fingerprint density at radius 1 is 1.08 bits per heavy atom. The van der Waals surface area contributed by atoms with Gasteiger partial charge in [0.25, 0.3) is 0 Å². The number of aromatic nitrogens is 4. The van der Waals surface area contributed by atoms with E-state index in [4.69, 9.17) is 33.9 Å². The summed E-state index contributed by atoms with van der Waals surface area (Å²) in [6.45, 7) is 0.345. The van der Waals surface area contributed by atoms with Crippen LogP contribution in [0.25, 0.3) is 22.2 Å². The molecule has 3 aromatic carbocycles. The molecule has 2 aromatic heterocycles. The molecule has 0 saturated heterocycles. The Kier molecular flexibility index (Phi) is 8.30. The minimum absolute atomic E-state index is 0.325. The van der Waals surface area contributed by atoms with E-state index in [0.29, 0.717) is 40.5 Å². The number of thioether (sulfide) groups is 1. The number of benzene rings is 3. The first-order valence-electron chi connectivity index (χ1n) is 12.2. The average Bonchev–Trinajstić information content (AvgIpc) is 3.51. The first kappa shape index (κ1) is 26.9. The Balaban J connectivity index is 1.38. The summed E-state index contributed by atoms with van der Waals surface area (Å²) >= 11 is 14.5. The number of nitrogens with two attached hydrogens (primary N) is 1. The number of aromatic amines is 2. The minimum Gasteiger partial charge on any atom is -0.382 e. The van der Waals surface area contributed by atoms with Gasteiger partial charge in [-0.1, -0.05) is 65.7 Å². The first-order chi connectivity index (χ1) is 18.9. The fourth-order valence-corrected chi connectivity index (χ4v) is 5.46. The second-order valence-electron chi connectivity index (χ2n) is 9.07. The number of hydrogen-bond donors (Lipinski definition) is 5. The van der Waals surface area contributed by atoms with Gasteiger partial charge in [-0.2, -0.15) is 16.9 Å². The number of rotatable bonds is 9. The number of anilines is 1. The molecule has 0 aliphatic heterocycles. The maximum Gasteiger partial charge on any atom is 0.315 e. The quantitative estimate of drug-likeness (QED) is 0.136. The Hall–Kier alpha value is -3.66. The van der Waals surface area contributed by atoms with Crippen LogP contribution in [0.2, 0.25) is 10.2 Å². The number of carbonyl (C=O) groups excluding carboxylic acids is 1. The Bertz CT molecular complexity index is 1600. The second-order valence-corrected chi connectivity index (χ2v) is 10.7. The Labute approximate surface area is 240 Å². The average molecular weight is 581 g/mol. The van der Waals surface area contributed by atoms with Crippen LogP contribution in [0.5, 0.6) is 0 Å². The number of H-pyrrole nitrogens is 2. The Morgan fingerprint density at radius 3 is 2.69 bits per heavy atom. The molecule has 2 heterocycles. The summed E-state index contributed by atoms with van der Waals surface area (Å²) < 4.78 is 0. The zero-order chi connectivity index (χ0) is 27.4. The van der Waals surface area contributed by atoms with Gasteiger partial charge in [0.15, 0.2) is 5.82 Å². The number of carbonyl (C=O) groups is 1. The third-order valence-electron chi connectivity index (χ3n) is 6.37. The highest BCUT2D eigenvalue weighted by Gasteiger charge is 2.22. The van der Waals surface area contributed by atoms with Crippen LogP contribution in [0.15, 0.2) is 66.7 Å². The van der Waals surface area contributed by atoms with Crippen LogP contribution in [0, 0.1) is 0 Å². The molecule has 1 unspecified atom stereocenters. The molecule has 1 atom stereocenters. The highest BCUT2D eigenvalue weighted by Crippen LogP contribution is 2.31. The summed E-state index contributed by atoms with van der Waals surface area (Å²) in [7, 11) is 0. The van der Waals surface area contributed by atoms with Crippen molar-refractivity contribution in [3.63, 3.8) is 0 Å². The maximum absolute atomic E-state index is 13.1. The molecule has 0 spiro atoms. The molecule has 0 fully saturated rings. The largest absolute Gasteiger partial charge is 0.382 e. The molecule has 0 aliphatic rings. The molecule has 5 aromatic rings. The summed E-state index contributed by atoms with van der Waals surface area (Å²) in [6, 6.07) is 20.5. The molecule has 39 heavy (non-hydrogen) atoms. The monoisotopic (exact) mass is 579 g/mol. The minimum atomic E-state index is -0.463. The molecule has 8 nitrogen and oxygen atoms in total. The van der Waals surface area contributed by atoms with E-state index in [1.54, 1.807) is 11.8 Å². The predicted molar refractivity (Wildman–Crippen MR) is 160 cm³/mol. The number of nitrogen functional groups attached to an aromatic ring is 1. The zero-order valence-corrected chi connectivity index (χ0v) is 23.4. The van der Waals surface area contributed by atoms with Gasteiger partial charge >= 0.3 is 6.03 Å². The number of halogens is 2. The van der Waals surface area contributed by atoms with Crippen molar-refractivity contribution in [2.75, 3.05) is 12.0 Å². The maximum atomic E-state index is 13.1. The van der Waals surface area contributed by atoms with Crippen molar-refractivity contribution in [1.82, 2.24) is 30.8 Å². The summed E-state index contributed by atoms with van der Waals surface area (Å²) in [4.78, 5) is 21.1. The van der Waals surface area contributed by atoms with Gasteiger partial charge < -0.3 is 21.4 Å². The smallest absolute Gasteiger partial charge is 0.315 e. The van der Waals surface area contributed by atoms with Gasteiger partial charge in [0.2, 0.25) is 0 Å². The van der Waals surface area contributed by atoms with E-state index < -0.39 is 6.04 Å². The van der Waals surface area contributed by atoms with Crippen LogP contribution in [0.1, 0.15) is 28.6 Å². The van der Waals surface area contributed by atoms with Gasteiger partial charge in [0.1, 0.15) is 16.7 Å². The molecular formula is C28H27Cl2N7OS. The standard InChI is InChI=1S/C28H27Cl2N7OS/c1-39-15-18-7-9-20(29)12-19(18)14-32-28(38)33-23(11-16-5-3-2-4-6-16)27-34-24(25(30)35-27)17-8-10-21-22(13-17)36-37-26(21)31/h2-10,12-13,23H,11,14-15H2,1H3,(H,34,35)(H3,31,36,37)(H2,32,33,38). The molecule has 0 bridgehead atoms. The van der Waals surface area contributed by atoms with Crippen LogP contribution in [-0.2, 0) is 18.7 Å². The highest BCUT2D eigenvalue weighted by atomic mass is 35.5. The third kappa shape index (κ3) is 6.33. The van der Waals surface area contributed by atoms with Crippen LogP contribution in [0.4, 0.5) is 10.6 Å². The van der Waals surface area contributed by atoms with E-state index in [9.17, 15) is 4.79 Å². The lowest BCUT2D eigenvalue weighted by Gasteiger charge is -2.18. The number of fused-ring (bicyclic) bond motifs is 1. The van der Waals surface area contributed by atoms with E-state index in [1.807, 2.05) is 73.0 Å². The topological polar surface area (TPSA) is 125 Å². The van der Waals surface area contributed by atoms with Gasteiger partial charge in [0.05, 0.1) is 11.6 Å². The van der Waals surface area contributed by atoms with Gasteiger partial charge in [-0.05, 0) is 53.6 Å². The van der Waals surface area contributed by atoms with E-state index >= 15 is 0 Å². The number of amides is 2. The van der Waals surface area contributed by atoms with E-state index in [2.05, 4.69) is 25.8 Å². The van der Waals surface area contributed by atoms with Crippen LogP contribution >= 0.6 is 35.0 Å².